The lowest BCUT2D eigenvalue weighted by molar-refractivity contribution is -0.0179. The molecule has 1 heteroatoms. The van der Waals surface area contributed by atoms with Gasteiger partial charge >= 0.3 is 0 Å². The molecule has 0 heterocycles. The van der Waals surface area contributed by atoms with Gasteiger partial charge in [-0.05, 0) is 31.3 Å². The van der Waals surface area contributed by atoms with Gasteiger partial charge in [-0.15, -0.1) is 0 Å². The number of nitrogens with zero attached hydrogens (tertiary/aromatic N) is 1. The average molecular weight is 227 g/mol. The maximum absolute atomic E-state index is 2.69. The van der Waals surface area contributed by atoms with E-state index in [0.29, 0.717) is 11.0 Å². The molecule has 0 atom stereocenters. The van der Waals surface area contributed by atoms with Gasteiger partial charge in [0, 0.05) is 5.54 Å². The van der Waals surface area contributed by atoms with Crippen molar-refractivity contribution in [2.75, 3.05) is 13.1 Å². The summed E-state index contributed by atoms with van der Waals surface area (Å²) in [5.74, 6) is 0. The van der Waals surface area contributed by atoms with Crippen molar-refractivity contribution in [3.63, 3.8) is 0 Å². The lowest BCUT2D eigenvalue weighted by atomic mass is 9.67. The second-order valence-corrected chi connectivity index (χ2v) is 5.95. The van der Waals surface area contributed by atoms with Crippen molar-refractivity contribution in [3.8, 4) is 0 Å². The van der Waals surface area contributed by atoms with E-state index in [0.717, 1.165) is 0 Å². The van der Waals surface area contributed by atoms with E-state index in [1.54, 1.807) is 0 Å². The Balaban J connectivity index is 5.22. The van der Waals surface area contributed by atoms with Crippen molar-refractivity contribution in [2.45, 2.75) is 79.7 Å². The van der Waals surface area contributed by atoms with E-state index in [9.17, 15) is 0 Å². The SMILES string of the molecule is CCCC(CCC)(N(CC)CC)C(C)(C)C. The van der Waals surface area contributed by atoms with Crippen LogP contribution in [0, 0.1) is 5.41 Å². The van der Waals surface area contributed by atoms with Gasteiger partial charge in [0.2, 0.25) is 0 Å². The standard InChI is InChI=1S/C15H33N/c1-8-12-15(13-9-2,14(5,6)7)16(10-3)11-4/h8-13H2,1-7H3. The fourth-order valence-corrected chi connectivity index (χ4v) is 3.32. The largest absolute Gasteiger partial charge is 0.298 e. The predicted octanol–water partition coefficient (Wildman–Crippen LogP) is 4.71. The zero-order chi connectivity index (χ0) is 12.8. The molecule has 0 saturated carbocycles. The fraction of sp³-hybridized carbons (Fsp3) is 1.00. The van der Waals surface area contributed by atoms with Gasteiger partial charge in [0.05, 0.1) is 0 Å². The molecule has 0 N–H and O–H groups in total. The van der Waals surface area contributed by atoms with Crippen LogP contribution in [-0.2, 0) is 0 Å². The number of rotatable bonds is 7. The zero-order valence-corrected chi connectivity index (χ0v) is 12.7. The number of hydrogen-bond acceptors (Lipinski definition) is 1. The normalized spacial score (nSPS) is 13.5. The molecule has 0 aromatic carbocycles. The van der Waals surface area contributed by atoms with Gasteiger partial charge in [0.25, 0.3) is 0 Å². The van der Waals surface area contributed by atoms with E-state index in [-0.39, 0.29) is 0 Å². The summed E-state index contributed by atoms with van der Waals surface area (Å²) >= 11 is 0. The first-order chi connectivity index (χ1) is 7.39. The summed E-state index contributed by atoms with van der Waals surface area (Å²) in [5.41, 5.74) is 0.755. The van der Waals surface area contributed by atoms with Crippen LogP contribution < -0.4 is 0 Å². The van der Waals surface area contributed by atoms with Crippen LogP contribution in [0.4, 0.5) is 0 Å². The smallest absolute Gasteiger partial charge is 0.0257 e. The lowest BCUT2D eigenvalue weighted by Gasteiger charge is -2.52. The third-order valence-electron chi connectivity index (χ3n) is 4.09. The Labute approximate surface area is 104 Å². The van der Waals surface area contributed by atoms with Crippen molar-refractivity contribution in [3.05, 3.63) is 0 Å². The highest BCUT2D eigenvalue weighted by Crippen LogP contribution is 2.42. The van der Waals surface area contributed by atoms with Crippen LogP contribution in [0.25, 0.3) is 0 Å². The average Bonchev–Trinajstić information content (AvgIpc) is 2.18. The van der Waals surface area contributed by atoms with Crippen molar-refractivity contribution >= 4 is 0 Å². The van der Waals surface area contributed by atoms with E-state index < -0.39 is 0 Å². The van der Waals surface area contributed by atoms with E-state index >= 15 is 0 Å². The minimum Gasteiger partial charge on any atom is -0.298 e. The molecule has 0 rings (SSSR count). The predicted molar refractivity (Wildman–Crippen MR) is 74.9 cm³/mol. The van der Waals surface area contributed by atoms with Crippen LogP contribution in [0.1, 0.15) is 74.1 Å². The molecule has 98 valence electrons. The Morgan fingerprint density at radius 3 is 1.31 bits per heavy atom. The third kappa shape index (κ3) is 3.23. The molecule has 0 saturated heterocycles. The van der Waals surface area contributed by atoms with E-state index in [1.165, 1.54) is 38.8 Å². The van der Waals surface area contributed by atoms with Gasteiger partial charge in [-0.25, -0.2) is 0 Å². The molecular formula is C15H33N. The summed E-state index contributed by atoms with van der Waals surface area (Å²) in [7, 11) is 0. The Bertz CT molecular complexity index is 168. The molecule has 0 amide bonds. The summed E-state index contributed by atoms with van der Waals surface area (Å²) < 4.78 is 0. The van der Waals surface area contributed by atoms with Crippen LogP contribution >= 0.6 is 0 Å². The molecule has 0 aliphatic carbocycles. The van der Waals surface area contributed by atoms with Gasteiger partial charge in [0.15, 0.2) is 0 Å². The van der Waals surface area contributed by atoms with Crippen LogP contribution in [0.3, 0.4) is 0 Å². The minimum atomic E-state index is 0.366. The summed E-state index contributed by atoms with van der Waals surface area (Å²) in [4.78, 5) is 2.69. The molecule has 0 fully saturated rings. The quantitative estimate of drug-likeness (QED) is 0.608. The summed E-state index contributed by atoms with van der Waals surface area (Å²) in [6.45, 7) is 18.8. The Kier molecular flexibility index (Phi) is 6.62. The Hall–Kier alpha value is -0.0400. The van der Waals surface area contributed by atoms with Crippen LogP contribution in [0.15, 0.2) is 0 Å². The van der Waals surface area contributed by atoms with Gasteiger partial charge in [-0.2, -0.15) is 0 Å². The maximum atomic E-state index is 2.69. The first-order valence-corrected chi connectivity index (χ1v) is 7.14. The molecule has 0 spiro atoms. The second-order valence-electron chi connectivity index (χ2n) is 5.95. The van der Waals surface area contributed by atoms with Gasteiger partial charge < -0.3 is 0 Å². The molecule has 0 aromatic heterocycles. The zero-order valence-electron chi connectivity index (χ0n) is 12.7. The van der Waals surface area contributed by atoms with Crippen molar-refractivity contribution < 1.29 is 0 Å². The van der Waals surface area contributed by atoms with Gasteiger partial charge in [0.1, 0.15) is 0 Å². The summed E-state index contributed by atoms with van der Waals surface area (Å²) in [6.07, 6.45) is 5.22. The van der Waals surface area contributed by atoms with Crippen molar-refractivity contribution in [1.29, 1.82) is 0 Å². The van der Waals surface area contributed by atoms with Crippen molar-refractivity contribution in [1.82, 2.24) is 4.90 Å². The first kappa shape index (κ1) is 16.0. The lowest BCUT2D eigenvalue weighted by Crippen LogP contribution is -2.57. The molecule has 0 radical (unpaired) electrons. The molecular weight excluding hydrogens is 194 g/mol. The van der Waals surface area contributed by atoms with Crippen LogP contribution in [-0.4, -0.2) is 23.5 Å². The third-order valence-corrected chi connectivity index (χ3v) is 4.09. The van der Waals surface area contributed by atoms with Crippen LogP contribution in [0.2, 0.25) is 0 Å². The summed E-state index contributed by atoms with van der Waals surface area (Å²) in [5, 5.41) is 0. The van der Waals surface area contributed by atoms with E-state index in [4.69, 9.17) is 0 Å². The Morgan fingerprint density at radius 1 is 0.750 bits per heavy atom. The van der Waals surface area contributed by atoms with Crippen molar-refractivity contribution in [2.24, 2.45) is 5.41 Å². The monoisotopic (exact) mass is 227 g/mol. The molecule has 0 unspecified atom stereocenters. The highest BCUT2D eigenvalue weighted by Gasteiger charge is 2.43. The van der Waals surface area contributed by atoms with Gasteiger partial charge in [-0.3, -0.25) is 4.90 Å². The highest BCUT2D eigenvalue weighted by atomic mass is 15.2. The van der Waals surface area contributed by atoms with E-state index in [2.05, 4.69) is 53.4 Å². The summed E-state index contributed by atoms with van der Waals surface area (Å²) in [6, 6.07) is 0. The number of hydrogen-bond donors (Lipinski definition) is 0. The van der Waals surface area contributed by atoms with Crippen LogP contribution in [0.5, 0.6) is 0 Å². The second kappa shape index (κ2) is 6.64. The Morgan fingerprint density at radius 2 is 1.12 bits per heavy atom. The maximum Gasteiger partial charge on any atom is 0.0257 e. The molecule has 16 heavy (non-hydrogen) atoms. The fourth-order valence-electron chi connectivity index (χ4n) is 3.32. The van der Waals surface area contributed by atoms with Gasteiger partial charge in [-0.1, -0.05) is 61.3 Å². The first-order valence-electron chi connectivity index (χ1n) is 7.14. The highest BCUT2D eigenvalue weighted by molar-refractivity contribution is 4.98. The molecule has 0 aliphatic heterocycles. The molecule has 0 aromatic rings. The van der Waals surface area contributed by atoms with E-state index in [1.807, 2.05) is 0 Å². The molecule has 0 bridgehead atoms. The topological polar surface area (TPSA) is 3.24 Å². The molecule has 1 nitrogen and oxygen atoms in total. The molecule has 0 aliphatic rings. The minimum absolute atomic E-state index is 0.366.